The van der Waals surface area contributed by atoms with Gasteiger partial charge in [-0.1, -0.05) is 30.3 Å². The van der Waals surface area contributed by atoms with Gasteiger partial charge in [0.05, 0.1) is 0 Å². The van der Waals surface area contributed by atoms with Gasteiger partial charge in [0, 0.05) is 29.6 Å². The Morgan fingerprint density at radius 2 is 1.92 bits per heavy atom. The molecule has 1 saturated heterocycles. The molecule has 13 heavy (non-hydrogen) atoms. The molecule has 2 atom stereocenters. The zero-order valence-corrected chi connectivity index (χ0v) is 9.31. The molecular weight excluding hydrogens is 179 g/mol. The number of hydrogen-bond donors (Lipinski definition) is 1. The molecule has 0 bridgehead atoms. The Balaban J connectivity index is 0.000000845. The number of ether oxygens (including phenoxy) is 1. The van der Waals surface area contributed by atoms with Crippen LogP contribution in [0.25, 0.3) is 0 Å². The first-order valence-electron chi connectivity index (χ1n) is 3.72. The molecule has 1 aliphatic rings. The van der Waals surface area contributed by atoms with E-state index < -0.39 is 12.1 Å². The topological polar surface area (TPSA) is 49.8 Å². The molecule has 0 saturated carbocycles. The summed E-state index contributed by atoms with van der Waals surface area (Å²) < 4.78 is 4.96. The van der Waals surface area contributed by atoms with Gasteiger partial charge in [-0.3, -0.25) is 0 Å². The normalized spacial score (nSPS) is 24.6. The number of carboxylic acid groups (broad SMARTS) is 1. The standard InChI is InChI=1S/C9H8O3.Na/c10-9(11)8-7(12-8)6-4-2-1-3-5-6;/h1-5,7-8H,(H,10,11);/t7-,8+;/m0./s1. The Hall–Kier alpha value is -0.350. The average molecular weight is 187 g/mol. The maximum absolute atomic E-state index is 10.4. The maximum Gasteiger partial charge on any atom is 0.335 e. The second-order valence-electron chi connectivity index (χ2n) is 2.73. The van der Waals surface area contributed by atoms with E-state index in [9.17, 15) is 4.79 Å². The van der Waals surface area contributed by atoms with Crippen molar-refractivity contribution in [3.8, 4) is 0 Å². The molecule has 4 heteroatoms. The SMILES string of the molecule is O=C(O)[C@@H]1O[C@H]1c1ccccc1.[Na]. The van der Waals surface area contributed by atoms with E-state index >= 15 is 0 Å². The molecule has 0 aromatic heterocycles. The van der Waals surface area contributed by atoms with Gasteiger partial charge in [-0.25, -0.2) is 4.79 Å². The largest absolute Gasteiger partial charge is 0.479 e. The third kappa shape index (κ3) is 2.31. The molecule has 3 nitrogen and oxygen atoms in total. The van der Waals surface area contributed by atoms with Gasteiger partial charge in [-0.05, 0) is 5.56 Å². The number of carboxylic acids is 1. The van der Waals surface area contributed by atoms with E-state index in [0.717, 1.165) is 5.56 Å². The van der Waals surface area contributed by atoms with Crippen LogP contribution in [0.1, 0.15) is 11.7 Å². The first-order chi connectivity index (χ1) is 5.79. The van der Waals surface area contributed by atoms with Crippen LogP contribution >= 0.6 is 0 Å². The molecule has 0 spiro atoms. The Labute approximate surface area is 98.0 Å². The molecule has 1 heterocycles. The van der Waals surface area contributed by atoms with Crippen molar-refractivity contribution in [1.82, 2.24) is 0 Å². The maximum atomic E-state index is 10.4. The van der Waals surface area contributed by atoms with Crippen molar-refractivity contribution in [2.75, 3.05) is 0 Å². The fraction of sp³-hybridized carbons (Fsp3) is 0.222. The number of epoxide rings is 1. The smallest absolute Gasteiger partial charge is 0.335 e. The molecule has 1 N–H and O–H groups in total. The molecule has 1 aromatic carbocycles. The van der Waals surface area contributed by atoms with Crippen LogP contribution in [0.4, 0.5) is 0 Å². The van der Waals surface area contributed by atoms with E-state index in [4.69, 9.17) is 9.84 Å². The number of carbonyl (C=O) groups is 1. The number of rotatable bonds is 2. The van der Waals surface area contributed by atoms with Gasteiger partial charge in [0.25, 0.3) is 0 Å². The van der Waals surface area contributed by atoms with Gasteiger partial charge in [-0.2, -0.15) is 0 Å². The predicted octanol–water partition coefficient (Wildman–Crippen LogP) is 0.830. The molecule has 63 valence electrons. The van der Waals surface area contributed by atoms with Crippen molar-refractivity contribution < 1.29 is 14.6 Å². The Kier molecular flexibility index (Phi) is 3.50. The Morgan fingerprint density at radius 1 is 1.31 bits per heavy atom. The van der Waals surface area contributed by atoms with Crippen LogP contribution in [-0.2, 0) is 9.53 Å². The van der Waals surface area contributed by atoms with Gasteiger partial charge in [0.1, 0.15) is 6.10 Å². The molecule has 1 aliphatic heterocycles. The second kappa shape index (κ2) is 4.24. The summed E-state index contributed by atoms with van der Waals surface area (Å²) in [6.07, 6.45) is -0.865. The summed E-state index contributed by atoms with van der Waals surface area (Å²) in [6.45, 7) is 0. The fourth-order valence-corrected chi connectivity index (χ4v) is 1.20. The quantitative estimate of drug-likeness (QED) is 0.551. The van der Waals surface area contributed by atoms with Crippen LogP contribution in [0.15, 0.2) is 30.3 Å². The summed E-state index contributed by atoms with van der Waals surface area (Å²) in [5.74, 6) is -0.885. The Bertz CT molecular complexity index is 299. The van der Waals surface area contributed by atoms with E-state index in [1.165, 1.54) is 0 Å². The summed E-state index contributed by atoms with van der Waals surface area (Å²) in [5.41, 5.74) is 0.935. The fourth-order valence-electron chi connectivity index (χ4n) is 1.20. The molecule has 2 rings (SSSR count). The minimum absolute atomic E-state index is 0. The number of aliphatic carboxylic acids is 1. The van der Waals surface area contributed by atoms with Crippen LogP contribution in [0.5, 0.6) is 0 Å². The van der Waals surface area contributed by atoms with E-state index in [2.05, 4.69) is 0 Å². The average Bonchev–Trinajstić information content (AvgIpc) is 2.84. The monoisotopic (exact) mass is 187 g/mol. The van der Waals surface area contributed by atoms with E-state index in [1.54, 1.807) is 0 Å². The summed E-state index contributed by atoms with van der Waals surface area (Å²) in [5, 5.41) is 8.56. The van der Waals surface area contributed by atoms with Crippen LogP contribution in [0.2, 0.25) is 0 Å². The van der Waals surface area contributed by atoms with Crippen molar-refractivity contribution in [2.24, 2.45) is 0 Å². The minimum atomic E-state index is -0.885. The predicted molar refractivity (Wildman–Crippen MR) is 47.4 cm³/mol. The van der Waals surface area contributed by atoms with Crippen LogP contribution in [-0.4, -0.2) is 46.7 Å². The van der Waals surface area contributed by atoms with Crippen molar-refractivity contribution >= 4 is 35.5 Å². The third-order valence-electron chi connectivity index (χ3n) is 1.86. The van der Waals surface area contributed by atoms with Gasteiger partial charge < -0.3 is 9.84 Å². The van der Waals surface area contributed by atoms with Crippen LogP contribution in [0, 0.1) is 0 Å². The molecule has 1 radical (unpaired) electrons. The van der Waals surface area contributed by atoms with Gasteiger partial charge in [0.2, 0.25) is 0 Å². The van der Waals surface area contributed by atoms with E-state index in [-0.39, 0.29) is 35.7 Å². The van der Waals surface area contributed by atoms with Gasteiger partial charge in [-0.15, -0.1) is 0 Å². The summed E-state index contributed by atoms with van der Waals surface area (Å²) in [7, 11) is 0. The molecule has 1 fully saturated rings. The molecule has 0 unspecified atom stereocenters. The van der Waals surface area contributed by atoms with Crippen molar-refractivity contribution in [3.63, 3.8) is 0 Å². The summed E-state index contributed by atoms with van der Waals surface area (Å²) in [4.78, 5) is 10.4. The Morgan fingerprint density at radius 3 is 2.38 bits per heavy atom. The van der Waals surface area contributed by atoms with Crippen LogP contribution < -0.4 is 0 Å². The number of hydrogen-bond acceptors (Lipinski definition) is 2. The van der Waals surface area contributed by atoms with Crippen molar-refractivity contribution in [1.29, 1.82) is 0 Å². The first-order valence-corrected chi connectivity index (χ1v) is 3.72. The van der Waals surface area contributed by atoms with Gasteiger partial charge in [0.15, 0.2) is 6.10 Å². The molecule has 0 aliphatic carbocycles. The second-order valence-corrected chi connectivity index (χ2v) is 2.73. The van der Waals surface area contributed by atoms with Crippen molar-refractivity contribution in [3.05, 3.63) is 35.9 Å². The minimum Gasteiger partial charge on any atom is -0.479 e. The van der Waals surface area contributed by atoms with Crippen LogP contribution in [0.3, 0.4) is 0 Å². The first kappa shape index (κ1) is 10.7. The van der Waals surface area contributed by atoms with Gasteiger partial charge >= 0.3 is 5.97 Å². The van der Waals surface area contributed by atoms with E-state index in [0.29, 0.717) is 0 Å². The summed E-state index contributed by atoms with van der Waals surface area (Å²) in [6, 6.07) is 9.37. The molecular formula is C9H8NaO3. The zero-order chi connectivity index (χ0) is 8.55. The van der Waals surface area contributed by atoms with E-state index in [1.807, 2.05) is 30.3 Å². The third-order valence-corrected chi connectivity index (χ3v) is 1.86. The molecule has 1 aromatic rings. The zero-order valence-electron chi connectivity index (χ0n) is 7.31. The van der Waals surface area contributed by atoms with Crippen molar-refractivity contribution in [2.45, 2.75) is 12.2 Å². The molecule has 0 amide bonds. The summed E-state index contributed by atoms with van der Waals surface area (Å²) >= 11 is 0. The number of benzene rings is 1.